The number of nitrogens with zero attached hydrogens (tertiary/aromatic N) is 5. The predicted molar refractivity (Wildman–Crippen MR) is 69.5 cm³/mol. The number of hydrogen-bond acceptors (Lipinski definition) is 6. The molecule has 0 amide bonds. The van der Waals surface area contributed by atoms with Gasteiger partial charge in [-0.25, -0.2) is 9.89 Å². The maximum Gasteiger partial charge on any atom is 0.364 e. The van der Waals surface area contributed by atoms with Crippen molar-refractivity contribution in [1.82, 2.24) is 19.8 Å². The van der Waals surface area contributed by atoms with Crippen molar-refractivity contribution in [2.45, 2.75) is 13.3 Å². The quantitative estimate of drug-likeness (QED) is 0.286. The van der Waals surface area contributed by atoms with Crippen LogP contribution in [0, 0.1) is 0 Å². The summed E-state index contributed by atoms with van der Waals surface area (Å²) in [6, 6.07) is 3.47. The normalized spacial score (nSPS) is 11.9. The lowest BCUT2D eigenvalue weighted by atomic mass is 10.3. The largest absolute Gasteiger partial charge is 0.409 e. The number of anilines is 1. The van der Waals surface area contributed by atoms with Crippen molar-refractivity contribution in [2.75, 3.05) is 18.0 Å². The van der Waals surface area contributed by atoms with E-state index in [9.17, 15) is 4.79 Å². The Kier molecular flexibility index (Phi) is 3.64. The summed E-state index contributed by atoms with van der Waals surface area (Å²) in [6.07, 6.45) is 0.407. The van der Waals surface area contributed by atoms with Crippen molar-refractivity contribution in [3.8, 4) is 0 Å². The fourth-order valence-corrected chi connectivity index (χ4v) is 1.70. The van der Waals surface area contributed by atoms with Gasteiger partial charge < -0.3 is 15.8 Å². The predicted octanol–water partition coefficient (Wildman–Crippen LogP) is -0.620. The molecule has 0 aliphatic rings. The average molecular weight is 265 g/mol. The summed E-state index contributed by atoms with van der Waals surface area (Å²) in [6.45, 7) is 3.18. The zero-order valence-corrected chi connectivity index (χ0v) is 10.4. The standard InChI is InChI=1S/C10H15N7O2/c1-2-16(6-5-7(11)15-19)9-4-3-8-12-13-10(18)17(8)14-9/h3-4,19H,2,5-6H2,1H3,(H2,11,15)(H,13,18). The third-order valence-corrected chi connectivity index (χ3v) is 2.73. The highest BCUT2D eigenvalue weighted by atomic mass is 16.4. The summed E-state index contributed by atoms with van der Waals surface area (Å²) in [5.41, 5.74) is 5.51. The van der Waals surface area contributed by atoms with E-state index in [2.05, 4.69) is 20.5 Å². The van der Waals surface area contributed by atoms with Gasteiger partial charge in [-0.2, -0.15) is 9.61 Å². The number of nitrogens with two attached hydrogens (primary N) is 1. The number of nitrogens with one attached hydrogen (secondary N) is 1. The van der Waals surface area contributed by atoms with Gasteiger partial charge in [-0.1, -0.05) is 5.16 Å². The van der Waals surface area contributed by atoms with E-state index in [1.54, 1.807) is 12.1 Å². The van der Waals surface area contributed by atoms with Gasteiger partial charge in [-0.05, 0) is 19.1 Å². The molecule has 2 rings (SSSR count). The van der Waals surface area contributed by atoms with Crippen LogP contribution in [0.15, 0.2) is 22.1 Å². The van der Waals surface area contributed by atoms with E-state index in [4.69, 9.17) is 10.9 Å². The lowest BCUT2D eigenvalue weighted by Crippen LogP contribution is -2.29. The minimum atomic E-state index is -0.385. The molecule has 0 saturated carbocycles. The fraction of sp³-hybridized carbons (Fsp3) is 0.400. The maximum atomic E-state index is 11.4. The molecule has 0 aliphatic heterocycles. The molecule has 0 bridgehead atoms. The maximum absolute atomic E-state index is 11.4. The van der Waals surface area contributed by atoms with Crippen LogP contribution < -0.4 is 16.3 Å². The summed E-state index contributed by atoms with van der Waals surface area (Å²) in [5.74, 6) is 0.782. The molecule has 2 heterocycles. The second kappa shape index (κ2) is 5.38. The highest BCUT2D eigenvalue weighted by Crippen LogP contribution is 2.10. The molecule has 4 N–H and O–H groups in total. The first-order valence-electron chi connectivity index (χ1n) is 5.81. The number of oxime groups is 1. The molecule has 0 unspecified atom stereocenters. The Morgan fingerprint density at radius 1 is 1.63 bits per heavy atom. The van der Waals surface area contributed by atoms with Crippen LogP contribution in [0.3, 0.4) is 0 Å². The second-order valence-electron chi connectivity index (χ2n) is 3.91. The lowest BCUT2D eigenvalue weighted by molar-refractivity contribution is 0.317. The van der Waals surface area contributed by atoms with Crippen molar-refractivity contribution in [3.63, 3.8) is 0 Å². The van der Waals surface area contributed by atoms with Crippen molar-refractivity contribution in [1.29, 1.82) is 0 Å². The van der Waals surface area contributed by atoms with Gasteiger partial charge in [-0.15, -0.1) is 5.10 Å². The molecule has 102 valence electrons. The van der Waals surface area contributed by atoms with Crippen LogP contribution in [0.4, 0.5) is 5.82 Å². The van der Waals surface area contributed by atoms with E-state index in [1.807, 2.05) is 11.8 Å². The molecule has 0 spiro atoms. The van der Waals surface area contributed by atoms with Crippen LogP contribution in [0.1, 0.15) is 13.3 Å². The number of fused-ring (bicyclic) bond motifs is 1. The van der Waals surface area contributed by atoms with E-state index in [0.717, 1.165) is 0 Å². The Labute approximate surface area is 108 Å². The van der Waals surface area contributed by atoms with Gasteiger partial charge in [0, 0.05) is 19.5 Å². The highest BCUT2D eigenvalue weighted by molar-refractivity contribution is 5.80. The molecule has 9 heteroatoms. The molecule has 0 aromatic carbocycles. The molecule has 0 aliphatic carbocycles. The van der Waals surface area contributed by atoms with Crippen LogP contribution >= 0.6 is 0 Å². The molecule has 2 aromatic heterocycles. The summed E-state index contributed by atoms with van der Waals surface area (Å²) in [4.78, 5) is 13.4. The minimum Gasteiger partial charge on any atom is -0.409 e. The van der Waals surface area contributed by atoms with Gasteiger partial charge in [0.25, 0.3) is 0 Å². The third kappa shape index (κ3) is 2.64. The van der Waals surface area contributed by atoms with Gasteiger partial charge in [-0.3, -0.25) is 0 Å². The zero-order chi connectivity index (χ0) is 13.8. The molecule has 9 nitrogen and oxygen atoms in total. The number of rotatable bonds is 5. The Morgan fingerprint density at radius 2 is 2.42 bits per heavy atom. The molecule has 0 radical (unpaired) electrons. The molecule has 2 aromatic rings. The lowest BCUT2D eigenvalue weighted by Gasteiger charge is -2.21. The summed E-state index contributed by atoms with van der Waals surface area (Å²) in [5, 5.41) is 21.8. The molecule has 0 fully saturated rings. The molecular formula is C10H15N7O2. The van der Waals surface area contributed by atoms with Crippen molar-refractivity contribution >= 4 is 17.3 Å². The van der Waals surface area contributed by atoms with E-state index < -0.39 is 0 Å². The van der Waals surface area contributed by atoms with Crippen LogP contribution in [0.25, 0.3) is 5.65 Å². The van der Waals surface area contributed by atoms with Gasteiger partial charge in [0.1, 0.15) is 11.7 Å². The van der Waals surface area contributed by atoms with Gasteiger partial charge in [0.2, 0.25) is 0 Å². The number of aromatic nitrogens is 4. The summed E-state index contributed by atoms with van der Waals surface area (Å²) in [7, 11) is 0. The van der Waals surface area contributed by atoms with Crippen LogP contribution in [-0.4, -0.2) is 43.9 Å². The van der Waals surface area contributed by atoms with E-state index >= 15 is 0 Å². The molecule has 19 heavy (non-hydrogen) atoms. The van der Waals surface area contributed by atoms with Gasteiger partial charge in [0.05, 0.1) is 0 Å². The van der Waals surface area contributed by atoms with Crippen LogP contribution in [0.2, 0.25) is 0 Å². The van der Waals surface area contributed by atoms with Crippen LogP contribution in [0.5, 0.6) is 0 Å². The fourth-order valence-electron chi connectivity index (χ4n) is 1.70. The zero-order valence-electron chi connectivity index (χ0n) is 10.4. The SMILES string of the molecule is CCN(CCC(N)=NO)c1ccc2n[nH]c(=O)n2n1. The highest BCUT2D eigenvalue weighted by Gasteiger charge is 2.09. The van der Waals surface area contributed by atoms with E-state index in [0.29, 0.717) is 31.0 Å². The van der Waals surface area contributed by atoms with Gasteiger partial charge >= 0.3 is 5.69 Å². The number of H-pyrrole nitrogens is 1. The Balaban J connectivity index is 2.24. The Hall–Kier alpha value is -2.58. The van der Waals surface area contributed by atoms with Crippen LogP contribution in [-0.2, 0) is 0 Å². The van der Waals surface area contributed by atoms with E-state index in [1.165, 1.54) is 4.52 Å². The smallest absolute Gasteiger partial charge is 0.364 e. The molecular weight excluding hydrogens is 250 g/mol. The molecule has 0 atom stereocenters. The number of amidine groups is 1. The molecule has 0 saturated heterocycles. The topological polar surface area (TPSA) is 125 Å². The Bertz CT molecular complexity index is 645. The first-order chi connectivity index (χ1) is 9.15. The van der Waals surface area contributed by atoms with Crippen molar-refractivity contribution in [3.05, 3.63) is 22.6 Å². The summed E-state index contributed by atoms with van der Waals surface area (Å²) >= 11 is 0. The first-order valence-corrected chi connectivity index (χ1v) is 5.81. The first kappa shape index (κ1) is 12.9. The Morgan fingerprint density at radius 3 is 3.11 bits per heavy atom. The van der Waals surface area contributed by atoms with Crippen molar-refractivity contribution in [2.24, 2.45) is 10.9 Å². The summed E-state index contributed by atoms with van der Waals surface area (Å²) < 4.78 is 1.20. The average Bonchev–Trinajstić information content (AvgIpc) is 2.80. The minimum absolute atomic E-state index is 0.153. The monoisotopic (exact) mass is 265 g/mol. The third-order valence-electron chi connectivity index (χ3n) is 2.73. The van der Waals surface area contributed by atoms with Gasteiger partial charge in [0.15, 0.2) is 5.65 Å². The number of aromatic amines is 1. The van der Waals surface area contributed by atoms with E-state index in [-0.39, 0.29) is 11.5 Å². The second-order valence-corrected chi connectivity index (χ2v) is 3.91. The number of hydrogen-bond donors (Lipinski definition) is 3. The van der Waals surface area contributed by atoms with Crippen molar-refractivity contribution < 1.29 is 5.21 Å².